The summed E-state index contributed by atoms with van der Waals surface area (Å²) in [4.78, 5) is 11.2. The molecule has 152 valence electrons. The molecule has 3 aliphatic heterocycles. The van der Waals surface area contributed by atoms with E-state index in [2.05, 4.69) is 50.2 Å². The van der Waals surface area contributed by atoms with Gasteiger partial charge in [-0.3, -0.25) is 0 Å². The molecule has 29 heavy (non-hydrogen) atoms. The number of aryl methyl sites for hydroxylation is 1. The van der Waals surface area contributed by atoms with Crippen LogP contribution in [0.25, 0.3) is 11.1 Å². The third kappa shape index (κ3) is 2.74. The minimum atomic E-state index is -0.924. The molecule has 6 nitrogen and oxygen atoms in total. The quantitative estimate of drug-likeness (QED) is 0.802. The van der Waals surface area contributed by atoms with Gasteiger partial charge in [-0.15, -0.1) is 0 Å². The predicted molar refractivity (Wildman–Crippen MR) is 111 cm³/mol. The summed E-state index contributed by atoms with van der Waals surface area (Å²) in [5, 5.41) is 1.56. The summed E-state index contributed by atoms with van der Waals surface area (Å²) in [5.41, 5.74) is 9.15. The Morgan fingerprint density at radius 1 is 1.17 bits per heavy atom. The van der Waals surface area contributed by atoms with E-state index in [1.165, 1.54) is 5.56 Å². The molecule has 2 aromatic carbocycles. The average molecular weight is 393 g/mol. The first-order valence-electron chi connectivity index (χ1n) is 10.2. The van der Waals surface area contributed by atoms with E-state index in [4.69, 9.17) is 25.0 Å². The van der Waals surface area contributed by atoms with Gasteiger partial charge in [0.05, 0.1) is 18.1 Å². The van der Waals surface area contributed by atoms with Crippen molar-refractivity contribution in [3.05, 3.63) is 53.6 Å². The predicted octanol–water partition coefficient (Wildman–Crippen LogP) is 3.58. The van der Waals surface area contributed by atoms with E-state index in [0.29, 0.717) is 12.6 Å². The summed E-state index contributed by atoms with van der Waals surface area (Å²) < 4.78 is 12.4. The molecule has 2 aromatic rings. The minimum absolute atomic E-state index is 0.0703. The van der Waals surface area contributed by atoms with Crippen molar-refractivity contribution < 1.29 is 14.3 Å². The number of hydrogen-bond acceptors (Lipinski definition) is 6. The van der Waals surface area contributed by atoms with E-state index >= 15 is 0 Å². The summed E-state index contributed by atoms with van der Waals surface area (Å²) in [6.07, 6.45) is 1.85. The number of nitrogens with zero attached hydrogens (tertiary/aromatic N) is 2. The largest absolute Gasteiger partial charge is 0.484 e. The topological polar surface area (TPSA) is 69.3 Å². The molecule has 6 heteroatoms. The number of benzene rings is 2. The molecule has 0 aliphatic carbocycles. The Labute approximate surface area is 171 Å². The van der Waals surface area contributed by atoms with Crippen LogP contribution in [0.2, 0.25) is 0 Å². The minimum Gasteiger partial charge on any atom is -0.484 e. The molecule has 0 radical (unpaired) electrons. The summed E-state index contributed by atoms with van der Waals surface area (Å²) in [5.74, 6) is 1.09. The zero-order valence-corrected chi connectivity index (χ0v) is 17.1. The van der Waals surface area contributed by atoms with Gasteiger partial charge in [0.15, 0.2) is 0 Å². The number of aliphatic imine (C=N–C) groups is 1. The number of hydroxylamine groups is 2. The van der Waals surface area contributed by atoms with E-state index in [0.717, 1.165) is 41.9 Å². The molecule has 0 aromatic heterocycles. The summed E-state index contributed by atoms with van der Waals surface area (Å²) in [6, 6.07) is 14.7. The van der Waals surface area contributed by atoms with Crippen LogP contribution >= 0.6 is 0 Å². The van der Waals surface area contributed by atoms with Crippen LogP contribution in [-0.2, 0) is 15.3 Å². The molecule has 3 unspecified atom stereocenters. The van der Waals surface area contributed by atoms with E-state index in [1.807, 2.05) is 6.07 Å². The number of rotatable bonds is 1. The van der Waals surface area contributed by atoms with Crippen molar-refractivity contribution in [1.82, 2.24) is 5.06 Å². The summed E-state index contributed by atoms with van der Waals surface area (Å²) >= 11 is 0. The first-order chi connectivity index (χ1) is 13.9. The van der Waals surface area contributed by atoms with Gasteiger partial charge in [-0.25, -0.2) is 14.9 Å². The fraction of sp³-hybridized carbons (Fsp3) is 0.435. The first-order valence-corrected chi connectivity index (χ1v) is 10.2. The molecule has 1 saturated heterocycles. The Kier molecular flexibility index (Phi) is 4.12. The second kappa shape index (κ2) is 6.47. The van der Waals surface area contributed by atoms with Crippen molar-refractivity contribution in [2.24, 2.45) is 16.6 Å². The molecule has 3 heterocycles. The van der Waals surface area contributed by atoms with Crippen molar-refractivity contribution in [2.75, 3.05) is 20.3 Å². The van der Waals surface area contributed by atoms with Gasteiger partial charge in [0.2, 0.25) is 11.7 Å². The third-order valence-electron chi connectivity index (χ3n) is 6.52. The highest BCUT2D eigenvalue weighted by molar-refractivity contribution is 5.79. The lowest BCUT2D eigenvalue weighted by Crippen LogP contribution is -2.59. The first kappa shape index (κ1) is 18.5. The second-order valence-electron chi connectivity index (χ2n) is 8.38. The Bertz CT molecular complexity index is 983. The standard InChI is InChI=1S/C23H27N3O3/c1-15-6-4-7-17(12-15)18-8-9-20-19(13-18)23(25-21(24)26(3)29-23)16(2)22(28-20)10-5-11-27-14-22/h4,6-9,12-13,16H,5,10-11,14H2,1-3H3,(H2,24,25). The van der Waals surface area contributed by atoms with Crippen LogP contribution in [0, 0.1) is 12.8 Å². The van der Waals surface area contributed by atoms with E-state index in [-0.39, 0.29) is 5.92 Å². The van der Waals surface area contributed by atoms with Crippen molar-refractivity contribution in [1.29, 1.82) is 0 Å². The molecule has 0 amide bonds. The van der Waals surface area contributed by atoms with Crippen LogP contribution in [0.5, 0.6) is 5.75 Å². The highest BCUT2D eigenvalue weighted by Gasteiger charge is 2.60. The van der Waals surface area contributed by atoms with Gasteiger partial charge in [0.1, 0.15) is 11.4 Å². The summed E-state index contributed by atoms with van der Waals surface area (Å²) in [7, 11) is 1.80. The maximum absolute atomic E-state index is 6.61. The van der Waals surface area contributed by atoms with Gasteiger partial charge in [-0.1, -0.05) is 42.8 Å². The van der Waals surface area contributed by atoms with E-state index in [9.17, 15) is 0 Å². The Morgan fingerprint density at radius 3 is 2.69 bits per heavy atom. The van der Waals surface area contributed by atoms with Gasteiger partial charge in [0.25, 0.3) is 0 Å². The highest BCUT2D eigenvalue weighted by Crippen LogP contribution is 2.55. The van der Waals surface area contributed by atoms with Crippen LogP contribution in [-0.4, -0.2) is 36.9 Å². The van der Waals surface area contributed by atoms with Gasteiger partial charge in [-0.2, -0.15) is 0 Å². The average Bonchev–Trinajstić information content (AvgIpc) is 3.02. The third-order valence-corrected chi connectivity index (χ3v) is 6.52. The Hall–Kier alpha value is -2.57. The number of ether oxygens (including phenoxy) is 2. The number of fused-ring (bicyclic) bond motifs is 2. The molecule has 3 atom stereocenters. The van der Waals surface area contributed by atoms with Gasteiger partial charge in [0, 0.05) is 13.7 Å². The molecule has 1 fully saturated rings. The second-order valence-corrected chi connectivity index (χ2v) is 8.38. The van der Waals surface area contributed by atoms with Gasteiger partial charge >= 0.3 is 0 Å². The van der Waals surface area contributed by atoms with Crippen LogP contribution in [0.15, 0.2) is 47.5 Å². The lowest BCUT2D eigenvalue weighted by atomic mass is 9.72. The van der Waals surface area contributed by atoms with Crippen molar-refractivity contribution in [3.8, 4) is 16.9 Å². The maximum atomic E-state index is 6.61. The molecule has 2 spiro atoms. The molecule has 2 N–H and O–H groups in total. The number of guanidine groups is 1. The lowest BCUT2D eigenvalue weighted by Gasteiger charge is -2.51. The Morgan fingerprint density at radius 2 is 2.00 bits per heavy atom. The zero-order chi connectivity index (χ0) is 20.2. The molecule has 3 aliphatic rings. The normalized spacial score (nSPS) is 30.9. The fourth-order valence-electron chi connectivity index (χ4n) is 4.81. The monoisotopic (exact) mass is 393 g/mol. The molecule has 0 bridgehead atoms. The molecule has 5 rings (SSSR count). The van der Waals surface area contributed by atoms with Gasteiger partial charge < -0.3 is 15.2 Å². The van der Waals surface area contributed by atoms with Crippen LogP contribution in [0.3, 0.4) is 0 Å². The maximum Gasteiger partial charge on any atom is 0.224 e. The van der Waals surface area contributed by atoms with Crippen LogP contribution < -0.4 is 10.5 Å². The smallest absolute Gasteiger partial charge is 0.224 e. The van der Waals surface area contributed by atoms with Crippen LogP contribution in [0.1, 0.15) is 30.9 Å². The fourth-order valence-corrected chi connectivity index (χ4v) is 4.81. The van der Waals surface area contributed by atoms with Crippen molar-refractivity contribution in [3.63, 3.8) is 0 Å². The number of nitrogens with two attached hydrogens (primary N) is 1. The van der Waals surface area contributed by atoms with E-state index in [1.54, 1.807) is 12.1 Å². The van der Waals surface area contributed by atoms with Crippen LogP contribution in [0.4, 0.5) is 0 Å². The number of hydrogen-bond donors (Lipinski definition) is 1. The summed E-state index contributed by atoms with van der Waals surface area (Å²) in [6.45, 7) is 5.52. The van der Waals surface area contributed by atoms with Gasteiger partial charge in [-0.05, 0) is 43.0 Å². The molecular formula is C23H27N3O3. The molecular weight excluding hydrogens is 366 g/mol. The zero-order valence-electron chi connectivity index (χ0n) is 17.1. The molecule has 0 saturated carbocycles. The Balaban J connectivity index is 1.68. The SMILES string of the molecule is Cc1cccc(-c2ccc3c(c2)C2(N=C(N)N(C)O2)C(C)C2(CCCOC2)O3)c1. The lowest BCUT2D eigenvalue weighted by molar-refractivity contribution is -0.247. The van der Waals surface area contributed by atoms with Crippen molar-refractivity contribution in [2.45, 2.75) is 38.0 Å². The van der Waals surface area contributed by atoms with E-state index < -0.39 is 11.3 Å². The van der Waals surface area contributed by atoms with Crippen molar-refractivity contribution >= 4 is 5.96 Å². The highest BCUT2D eigenvalue weighted by atomic mass is 16.7.